The maximum Gasteiger partial charge on any atom is 0.162 e. The summed E-state index contributed by atoms with van der Waals surface area (Å²) < 4.78 is 32.3. The molecule has 106 valence electrons. The van der Waals surface area contributed by atoms with Gasteiger partial charge < -0.3 is 4.74 Å². The van der Waals surface area contributed by atoms with E-state index in [2.05, 4.69) is 15.9 Å². The van der Waals surface area contributed by atoms with Crippen molar-refractivity contribution in [1.82, 2.24) is 0 Å². The van der Waals surface area contributed by atoms with E-state index >= 15 is 0 Å². The van der Waals surface area contributed by atoms with Crippen molar-refractivity contribution in [2.24, 2.45) is 0 Å². The molecule has 0 aliphatic heterocycles. The monoisotopic (exact) mass is 340 g/mol. The SMILES string of the molecule is COc1ccc(C)cc1C(Br)Cc1cccc(F)c1F. The van der Waals surface area contributed by atoms with E-state index in [4.69, 9.17) is 4.74 Å². The third-order valence-corrected chi connectivity index (χ3v) is 3.97. The minimum atomic E-state index is -0.821. The van der Waals surface area contributed by atoms with E-state index in [1.54, 1.807) is 13.2 Å². The van der Waals surface area contributed by atoms with Gasteiger partial charge in [-0.3, -0.25) is 0 Å². The fourth-order valence-corrected chi connectivity index (χ4v) is 2.81. The summed E-state index contributed by atoms with van der Waals surface area (Å²) in [5, 5.41) is 0. The first-order valence-corrected chi connectivity index (χ1v) is 7.16. The largest absolute Gasteiger partial charge is 0.496 e. The summed E-state index contributed by atoms with van der Waals surface area (Å²) in [6, 6.07) is 10.0. The van der Waals surface area contributed by atoms with Gasteiger partial charge in [0.1, 0.15) is 5.75 Å². The summed E-state index contributed by atoms with van der Waals surface area (Å²) in [4.78, 5) is -0.145. The van der Waals surface area contributed by atoms with Gasteiger partial charge >= 0.3 is 0 Å². The zero-order valence-electron chi connectivity index (χ0n) is 11.3. The normalized spacial score (nSPS) is 12.2. The lowest BCUT2D eigenvalue weighted by atomic mass is 10.0. The number of rotatable bonds is 4. The number of halogens is 3. The lowest BCUT2D eigenvalue weighted by Gasteiger charge is -2.15. The highest BCUT2D eigenvalue weighted by Gasteiger charge is 2.17. The molecule has 20 heavy (non-hydrogen) atoms. The fourth-order valence-electron chi connectivity index (χ4n) is 2.11. The third kappa shape index (κ3) is 3.18. The summed E-state index contributed by atoms with van der Waals surface area (Å²) in [5.41, 5.74) is 2.36. The van der Waals surface area contributed by atoms with Gasteiger partial charge in [-0.1, -0.05) is 45.8 Å². The topological polar surface area (TPSA) is 9.23 Å². The molecule has 0 amide bonds. The van der Waals surface area contributed by atoms with Crippen molar-refractivity contribution in [1.29, 1.82) is 0 Å². The van der Waals surface area contributed by atoms with Crippen LogP contribution in [0.4, 0.5) is 8.78 Å². The molecule has 0 bridgehead atoms. The number of aryl methyl sites for hydroxylation is 1. The smallest absolute Gasteiger partial charge is 0.162 e. The molecule has 0 aliphatic rings. The maximum atomic E-state index is 13.7. The molecule has 2 aromatic carbocycles. The van der Waals surface area contributed by atoms with Gasteiger partial charge in [0.25, 0.3) is 0 Å². The van der Waals surface area contributed by atoms with Crippen LogP contribution in [0.3, 0.4) is 0 Å². The van der Waals surface area contributed by atoms with Gasteiger partial charge in [-0.15, -0.1) is 0 Å². The van der Waals surface area contributed by atoms with E-state index in [0.717, 1.165) is 22.9 Å². The van der Waals surface area contributed by atoms with Crippen molar-refractivity contribution in [2.45, 2.75) is 18.2 Å². The van der Waals surface area contributed by atoms with Crippen LogP contribution in [0.1, 0.15) is 21.5 Å². The number of ether oxygens (including phenoxy) is 1. The van der Waals surface area contributed by atoms with E-state index in [0.29, 0.717) is 12.0 Å². The first-order valence-electron chi connectivity index (χ1n) is 6.24. The van der Waals surface area contributed by atoms with E-state index in [-0.39, 0.29) is 4.83 Å². The van der Waals surface area contributed by atoms with Gasteiger partial charge in [0.05, 0.1) is 7.11 Å². The summed E-state index contributed by atoms with van der Waals surface area (Å²) in [6.45, 7) is 1.98. The highest BCUT2D eigenvalue weighted by Crippen LogP contribution is 2.35. The first-order chi connectivity index (χ1) is 9.52. The number of benzene rings is 2. The second kappa shape index (κ2) is 6.35. The van der Waals surface area contributed by atoms with E-state index in [1.165, 1.54) is 6.07 Å². The second-order valence-corrected chi connectivity index (χ2v) is 5.74. The third-order valence-electron chi connectivity index (χ3n) is 3.15. The fraction of sp³-hybridized carbons (Fsp3) is 0.250. The van der Waals surface area contributed by atoms with Crippen LogP contribution in [0.2, 0.25) is 0 Å². The van der Waals surface area contributed by atoms with Gasteiger partial charge in [0.2, 0.25) is 0 Å². The Balaban J connectivity index is 2.30. The van der Waals surface area contributed by atoms with Gasteiger partial charge in [-0.2, -0.15) is 0 Å². The number of methoxy groups -OCH3 is 1. The zero-order chi connectivity index (χ0) is 14.7. The summed E-state index contributed by atoms with van der Waals surface area (Å²) in [5.74, 6) is -0.878. The Kier molecular flexibility index (Phi) is 4.76. The Hall–Kier alpha value is -1.42. The second-order valence-electron chi connectivity index (χ2n) is 4.63. The Bertz CT molecular complexity index is 613. The van der Waals surface area contributed by atoms with Gasteiger partial charge in [-0.05, 0) is 31.0 Å². The van der Waals surface area contributed by atoms with Crippen LogP contribution in [0, 0.1) is 18.6 Å². The molecular weight excluding hydrogens is 326 g/mol. The van der Waals surface area contributed by atoms with Crippen LogP contribution in [0.15, 0.2) is 36.4 Å². The quantitative estimate of drug-likeness (QED) is 0.714. The maximum absolute atomic E-state index is 13.7. The molecule has 2 aromatic rings. The highest BCUT2D eigenvalue weighted by atomic mass is 79.9. The molecule has 0 aromatic heterocycles. The first kappa shape index (κ1) is 15.0. The lowest BCUT2D eigenvalue weighted by Crippen LogP contribution is -2.02. The predicted octanol–water partition coefficient (Wildman–Crippen LogP) is 4.96. The molecule has 0 spiro atoms. The number of alkyl halides is 1. The molecule has 1 unspecified atom stereocenters. The molecule has 1 nitrogen and oxygen atoms in total. The van der Waals surface area contributed by atoms with Gasteiger partial charge in [0.15, 0.2) is 11.6 Å². The van der Waals surface area contributed by atoms with Gasteiger partial charge in [0, 0.05) is 10.4 Å². The molecule has 0 saturated heterocycles. The van der Waals surface area contributed by atoms with Crippen molar-refractivity contribution in [2.75, 3.05) is 7.11 Å². The average Bonchev–Trinajstić information content (AvgIpc) is 2.43. The Morgan fingerprint density at radius 2 is 1.95 bits per heavy atom. The highest BCUT2D eigenvalue weighted by molar-refractivity contribution is 9.09. The van der Waals surface area contributed by atoms with E-state index < -0.39 is 11.6 Å². The van der Waals surface area contributed by atoms with Crippen LogP contribution in [0.5, 0.6) is 5.75 Å². The standard InChI is InChI=1S/C16H15BrF2O/c1-10-6-7-15(20-2)12(8-10)13(17)9-11-4-3-5-14(18)16(11)19/h3-8,13H,9H2,1-2H3. The summed E-state index contributed by atoms with van der Waals surface area (Å²) in [6.07, 6.45) is 0.351. The number of hydrogen-bond acceptors (Lipinski definition) is 1. The minimum Gasteiger partial charge on any atom is -0.496 e. The molecule has 4 heteroatoms. The lowest BCUT2D eigenvalue weighted by molar-refractivity contribution is 0.409. The van der Waals surface area contributed by atoms with Crippen molar-refractivity contribution >= 4 is 15.9 Å². The average molecular weight is 341 g/mol. The molecule has 0 heterocycles. The molecule has 0 N–H and O–H groups in total. The Labute approximate surface area is 125 Å². The van der Waals surface area contributed by atoms with Crippen molar-refractivity contribution in [3.05, 3.63) is 64.7 Å². The van der Waals surface area contributed by atoms with Crippen LogP contribution < -0.4 is 4.74 Å². The van der Waals surface area contributed by atoms with Crippen molar-refractivity contribution in [3.63, 3.8) is 0 Å². The minimum absolute atomic E-state index is 0.145. The van der Waals surface area contributed by atoms with E-state index in [1.807, 2.05) is 25.1 Å². The predicted molar refractivity (Wildman–Crippen MR) is 79.5 cm³/mol. The zero-order valence-corrected chi connectivity index (χ0v) is 12.9. The van der Waals surface area contributed by atoms with Crippen LogP contribution in [-0.4, -0.2) is 7.11 Å². The molecule has 1 atom stereocenters. The molecule has 0 saturated carbocycles. The Morgan fingerprint density at radius 3 is 2.65 bits per heavy atom. The molecule has 0 aliphatic carbocycles. The molecule has 0 radical (unpaired) electrons. The van der Waals surface area contributed by atoms with Crippen LogP contribution in [-0.2, 0) is 6.42 Å². The molecule has 0 fully saturated rings. The molecule has 2 rings (SSSR count). The number of hydrogen-bond donors (Lipinski definition) is 0. The van der Waals surface area contributed by atoms with Crippen molar-refractivity contribution < 1.29 is 13.5 Å². The van der Waals surface area contributed by atoms with Crippen molar-refractivity contribution in [3.8, 4) is 5.75 Å². The van der Waals surface area contributed by atoms with Crippen LogP contribution in [0.25, 0.3) is 0 Å². The Morgan fingerprint density at radius 1 is 1.20 bits per heavy atom. The molecular formula is C16H15BrF2O. The van der Waals surface area contributed by atoms with E-state index in [9.17, 15) is 8.78 Å². The van der Waals surface area contributed by atoms with Crippen LogP contribution >= 0.6 is 15.9 Å². The summed E-state index contributed by atoms with van der Waals surface area (Å²) in [7, 11) is 1.59. The van der Waals surface area contributed by atoms with Gasteiger partial charge in [-0.25, -0.2) is 8.78 Å². The summed E-state index contributed by atoms with van der Waals surface area (Å²) >= 11 is 3.54.